The summed E-state index contributed by atoms with van der Waals surface area (Å²) in [6.07, 6.45) is 13.8. The summed E-state index contributed by atoms with van der Waals surface area (Å²) in [6.45, 7) is 4.50. The molecule has 126 valence electrons. The number of benzene rings is 1. The van der Waals surface area contributed by atoms with Crippen LogP contribution in [0.2, 0.25) is 0 Å². The highest BCUT2D eigenvalue weighted by Crippen LogP contribution is 2.28. The lowest BCUT2D eigenvalue weighted by Crippen LogP contribution is -1.94. The molecule has 3 aromatic rings. The Morgan fingerprint density at radius 1 is 0.625 bits per heavy atom. The summed E-state index contributed by atoms with van der Waals surface area (Å²) in [5.41, 5.74) is 4.96. The largest absolute Gasteiger partial charge is 0.254 e. The van der Waals surface area contributed by atoms with E-state index in [1.807, 2.05) is 12.4 Å². The molecular formula is C22H28N2. The normalized spacial score (nSPS) is 11.4. The molecule has 0 aliphatic carbocycles. The highest BCUT2D eigenvalue weighted by Gasteiger charge is 2.09. The molecule has 0 aliphatic rings. The maximum atomic E-state index is 4.67. The minimum absolute atomic E-state index is 1.07. The lowest BCUT2D eigenvalue weighted by atomic mass is 9.98. The zero-order chi connectivity index (χ0) is 16.8. The van der Waals surface area contributed by atoms with Gasteiger partial charge in [0.05, 0.1) is 11.0 Å². The van der Waals surface area contributed by atoms with Crippen LogP contribution in [-0.2, 0) is 12.8 Å². The Morgan fingerprint density at radius 2 is 1.08 bits per heavy atom. The molecule has 2 heteroatoms. The topological polar surface area (TPSA) is 25.8 Å². The molecule has 3 rings (SSSR count). The zero-order valence-corrected chi connectivity index (χ0v) is 15.0. The van der Waals surface area contributed by atoms with Gasteiger partial charge in [-0.15, -0.1) is 0 Å². The maximum Gasteiger partial charge on any atom is 0.0967 e. The Morgan fingerprint density at radius 3 is 1.50 bits per heavy atom. The van der Waals surface area contributed by atoms with Gasteiger partial charge >= 0.3 is 0 Å². The molecule has 0 bridgehead atoms. The quantitative estimate of drug-likeness (QED) is 0.362. The Hall–Kier alpha value is -1.96. The Balaban J connectivity index is 2.01. The van der Waals surface area contributed by atoms with E-state index < -0.39 is 0 Å². The molecule has 0 amide bonds. The van der Waals surface area contributed by atoms with Crippen LogP contribution < -0.4 is 0 Å². The third-order valence-corrected chi connectivity index (χ3v) is 4.90. The van der Waals surface area contributed by atoms with Gasteiger partial charge in [0.25, 0.3) is 0 Å². The highest BCUT2D eigenvalue weighted by atomic mass is 14.7. The summed E-state index contributed by atoms with van der Waals surface area (Å²) >= 11 is 0. The van der Waals surface area contributed by atoms with Crippen LogP contribution in [0.25, 0.3) is 21.8 Å². The van der Waals surface area contributed by atoms with Crippen LogP contribution in [0, 0.1) is 0 Å². The van der Waals surface area contributed by atoms with Gasteiger partial charge in [-0.2, -0.15) is 0 Å². The predicted molar refractivity (Wildman–Crippen MR) is 104 cm³/mol. The van der Waals surface area contributed by atoms with E-state index in [1.165, 1.54) is 60.4 Å². The van der Waals surface area contributed by atoms with Crippen molar-refractivity contribution in [3.8, 4) is 0 Å². The number of nitrogens with zero attached hydrogens (tertiary/aromatic N) is 2. The van der Waals surface area contributed by atoms with E-state index in [0.717, 1.165) is 23.9 Å². The predicted octanol–water partition coefficient (Wildman–Crippen LogP) is 6.25. The Kier molecular flexibility index (Phi) is 5.79. The van der Waals surface area contributed by atoms with Crippen LogP contribution in [0.4, 0.5) is 0 Å². The number of unbranched alkanes of at least 4 members (excludes halogenated alkanes) is 4. The van der Waals surface area contributed by atoms with Gasteiger partial charge in [-0.1, -0.05) is 51.7 Å². The van der Waals surface area contributed by atoms with Crippen LogP contribution in [-0.4, -0.2) is 9.97 Å². The van der Waals surface area contributed by atoms with Crippen molar-refractivity contribution in [3.05, 3.63) is 47.8 Å². The van der Waals surface area contributed by atoms with Crippen LogP contribution in [0.5, 0.6) is 0 Å². The van der Waals surface area contributed by atoms with E-state index >= 15 is 0 Å². The van der Waals surface area contributed by atoms with Gasteiger partial charge < -0.3 is 0 Å². The minimum Gasteiger partial charge on any atom is -0.254 e. The van der Waals surface area contributed by atoms with Gasteiger partial charge in [0.1, 0.15) is 0 Å². The number of fused-ring (bicyclic) bond motifs is 3. The molecule has 0 aliphatic heterocycles. The number of aromatic nitrogens is 2. The monoisotopic (exact) mass is 320 g/mol. The van der Waals surface area contributed by atoms with E-state index in [0.29, 0.717) is 0 Å². The minimum atomic E-state index is 1.07. The highest BCUT2D eigenvalue weighted by molar-refractivity contribution is 6.04. The van der Waals surface area contributed by atoms with Gasteiger partial charge in [-0.3, -0.25) is 9.97 Å². The standard InChI is InChI=1S/C22H28N2/c1-3-5-7-9-17-13-15-23-21-19(17)11-12-20-18(10-8-6-4-2)14-16-24-22(20)21/h11-16H,3-10H2,1-2H3. The van der Waals surface area contributed by atoms with Gasteiger partial charge in [0.15, 0.2) is 0 Å². The SMILES string of the molecule is CCCCCc1ccnc2c1ccc1c(CCCCC)ccnc12. The van der Waals surface area contributed by atoms with Crippen LogP contribution in [0.1, 0.15) is 63.5 Å². The van der Waals surface area contributed by atoms with Crippen molar-refractivity contribution in [1.82, 2.24) is 9.97 Å². The maximum absolute atomic E-state index is 4.67. The van der Waals surface area contributed by atoms with Crippen molar-refractivity contribution < 1.29 is 0 Å². The summed E-state index contributed by atoms with van der Waals surface area (Å²) in [4.78, 5) is 9.35. The summed E-state index contributed by atoms with van der Waals surface area (Å²) in [5, 5.41) is 2.55. The molecule has 0 spiro atoms. The Bertz CT molecular complexity index is 739. The van der Waals surface area contributed by atoms with Gasteiger partial charge in [-0.05, 0) is 48.9 Å². The van der Waals surface area contributed by atoms with E-state index in [2.05, 4.69) is 48.1 Å². The number of rotatable bonds is 8. The molecule has 2 aromatic heterocycles. The van der Waals surface area contributed by atoms with Gasteiger partial charge in [-0.25, -0.2) is 0 Å². The second kappa shape index (κ2) is 8.23. The zero-order valence-electron chi connectivity index (χ0n) is 15.0. The van der Waals surface area contributed by atoms with E-state index in [-0.39, 0.29) is 0 Å². The van der Waals surface area contributed by atoms with Crippen molar-refractivity contribution >= 4 is 21.8 Å². The molecule has 24 heavy (non-hydrogen) atoms. The van der Waals surface area contributed by atoms with Crippen molar-refractivity contribution in [1.29, 1.82) is 0 Å². The second-order valence-electron chi connectivity index (χ2n) is 6.71. The first-order valence-corrected chi connectivity index (χ1v) is 9.49. The third kappa shape index (κ3) is 3.58. The first kappa shape index (κ1) is 16.9. The van der Waals surface area contributed by atoms with Crippen LogP contribution >= 0.6 is 0 Å². The molecule has 0 saturated heterocycles. The van der Waals surface area contributed by atoms with Crippen molar-refractivity contribution in [2.24, 2.45) is 0 Å². The summed E-state index contributed by atoms with van der Waals surface area (Å²) < 4.78 is 0. The molecule has 0 atom stereocenters. The molecule has 1 aromatic carbocycles. The number of hydrogen-bond acceptors (Lipinski definition) is 2. The van der Waals surface area contributed by atoms with Crippen molar-refractivity contribution in [3.63, 3.8) is 0 Å². The average molecular weight is 320 g/mol. The molecule has 0 fully saturated rings. The van der Waals surface area contributed by atoms with E-state index in [9.17, 15) is 0 Å². The molecule has 0 N–H and O–H groups in total. The lowest BCUT2D eigenvalue weighted by Gasteiger charge is -2.10. The number of hydrogen-bond donors (Lipinski definition) is 0. The summed E-state index contributed by atoms with van der Waals surface area (Å²) in [7, 11) is 0. The summed E-state index contributed by atoms with van der Waals surface area (Å²) in [5.74, 6) is 0. The fourth-order valence-corrected chi connectivity index (χ4v) is 3.51. The average Bonchev–Trinajstić information content (AvgIpc) is 2.62. The van der Waals surface area contributed by atoms with Crippen LogP contribution in [0.15, 0.2) is 36.7 Å². The van der Waals surface area contributed by atoms with E-state index in [4.69, 9.17) is 0 Å². The third-order valence-electron chi connectivity index (χ3n) is 4.90. The van der Waals surface area contributed by atoms with Crippen LogP contribution in [0.3, 0.4) is 0 Å². The molecule has 2 nitrogen and oxygen atoms in total. The van der Waals surface area contributed by atoms with Gasteiger partial charge in [0.2, 0.25) is 0 Å². The Labute approximate surface area is 145 Å². The first-order valence-electron chi connectivity index (χ1n) is 9.49. The molecule has 0 unspecified atom stereocenters. The fourth-order valence-electron chi connectivity index (χ4n) is 3.51. The van der Waals surface area contributed by atoms with E-state index in [1.54, 1.807) is 0 Å². The number of aryl methyl sites for hydroxylation is 2. The fraction of sp³-hybridized carbons (Fsp3) is 0.455. The smallest absolute Gasteiger partial charge is 0.0967 e. The molecular weight excluding hydrogens is 292 g/mol. The van der Waals surface area contributed by atoms with Gasteiger partial charge in [0, 0.05) is 23.2 Å². The summed E-state index contributed by atoms with van der Waals surface area (Å²) in [6, 6.07) is 8.87. The van der Waals surface area contributed by atoms with Crippen molar-refractivity contribution in [2.75, 3.05) is 0 Å². The first-order chi connectivity index (χ1) is 11.8. The second-order valence-corrected chi connectivity index (χ2v) is 6.71. The number of pyridine rings is 2. The van der Waals surface area contributed by atoms with Crippen molar-refractivity contribution in [2.45, 2.75) is 65.2 Å². The molecule has 0 saturated carbocycles. The molecule has 0 radical (unpaired) electrons. The lowest BCUT2D eigenvalue weighted by molar-refractivity contribution is 0.719. The molecule has 2 heterocycles.